The number of ether oxygens (including phenoxy) is 2. The van der Waals surface area contributed by atoms with Crippen LogP contribution in [0.15, 0.2) is 36.6 Å². The van der Waals surface area contributed by atoms with E-state index in [9.17, 15) is 13.6 Å². The number of carbonyl (C=O) groups excluding carboxylic acids is 1. The monoisotopic (exact) mass is 364 g/mol. The van der Waals surface area contributed by atoms with E-state index < -0.39 is 23.4 Å². The predicted octanol–water partition coefficient (Wildman–Crippen LogP) is 5.95. The molecule has 2 rings (SSSR count). The summed E-state index contributed by atoms with van der Waals surface area (Å²) in [5.41, 5.74) is 0. The zero-order chi connectivity index (χ0) is 18.9. The predicted molar refractivity (Wildman–Crippen MR) is 96.9 cm³/mol. The van der Waals surface area contributed by atoms with Gasteiger partial charge in [-0.1, -0.05) is 31.6 Å². The Labute approximate surface area is 153 Å². The van der Waals surface area contributed by atoms with Gasteiger partial charge >= 0.3 is 5.97 Å². The van der Waals surface area contributed by atoms with Crippen LogP contribution < -0.4 is 9.47 Å². The van der Waals surface area contributed by atoms with Crippen LogP contribution in [0.2, 0.25) is 0 Å². The number of rotatable bonds is 7. The molecule has 0 aliphatic heterocycles. The van der Waals surface area contributed by atoms with Crippen LogP contribution in [0.5, 0.6) is 11.5 Å². The molecule has 1 aliphatic carbocycles. The average Bonchev–Trinajstić information content (AvgIpc) is 2.65. The second-order valence-electron chi connectivity index (χ2n) is 6.53. The first-order chi connectivity index (χ1) is 12.6. The van der Waals surface area contributed by atoms with Crippen molar-refractivity contribution in [2.45, 2.75) is 52.4 Å². The molecule has 0 heterocycles. The minimum absolute atomic E-state index is 0.250. The van der Waals surface area contributed by atoms with E-state index in [1.807, 2.05) is 0 Å². The van der Waals surface area contributed by atoms with E-state index in [1.165, 1.54) is 18.4 Å². The lowest BCUT2D eigenvalue weighted by atomic mass is 9.82. The van der Waals surface area contributed by atoms with Gasteiger partial charge in [0.15, 0.2) is 11.5 Å². The summed E-state index contributed by atoms with van der Waals surface area (Å²) in [5, 5.41) is 0. The third-order valence-electron chi connectivity index (χ3n) is 4.52. The van der Waals surface area contributed by atoms with Crippen LogP contribution in [0.4, 0.5) is 8.78 Å². The van der Waals surface area contributed by atoms with Gasteiger partial charge in [-0.05, 0) is 57.1 Å². The molecular formula is C21H26F2O3. The Morgan fingerprint density at radius 1 is 1.15 bits per heavy atom. The van der Waals surface area contributed by atoms with Crippen molar-refractivity contribution < 1.29 is 23.0 Å². The Morgan fingerprint density at radius 3 is 2.46 bits per heavy atom. The fourth-order valence-electron chi connectivity index (χ4n) is 3.02. The quantitative estimate of drug-likeness (QED) is 0.260. The highest BCUT2D eigenvalue weighted by Crippen LogP contribution is 2.33. The Morgan fingerprint density at radius 2 is 1.81 bits per heavy atom. The van der Waals surface area contributed by atoms with Crippen molar-refractivity contribution in [1.29, 1.82) is 0 Å². The number of hydrogen-bond acceptors (Lipinski definition) is 3. The Balaban J connectivity index is 1.93. The average molecular weight is 364 g/mol. The van der Waals surface area contributed by atoms with Gasteiger partial charge in [0.05, 0.1) is 12.2 Å². The summed E-state index contributed by atoms with van der Waals surface area (Å²) in [6.07, 6.45) is 12.6. The largest absolute Gasteiger partial charge is 0.462 e. The lowest BCUT2D eigenvalue weighted by Gasteiger charge is -2.25. The van der Waals surface area contributed by atoms with Crippen molar-refractivity contribution in [3.05, 3.63) is 48.3 Å². The van der Waals surface area contributed by atoms with Gasteiger partial charge in [-0.2, -0.15) is 8.78 Å². The van der Waals surface area contributed by atoms with Crippen LogP contribution >= 0.6 is 0 Å². The number of unbranched alkanes of at least 4 members (excludes halogenated alkanes) is 1. The van der Waals surface area contributed by atoms with Gasteiger partial charge in [-0.25, -0.2) is 0 Å². The molecule has 0 N–H and O–H groups in total. The second-order valence-corrected chi connectivity index (χ2v) is 6.53. The molecule has 0 aromatic heterocycles. The fourth-order valence-corrected chi connectivity index (χ4v) is 3.02. The molecule has 1 aromatic carbocycles. The lowest BCUT2D eigenvalue weighted by Crippen LogP contribution is -2.25. The maximum Gasteiger partial charge on any atom is 0.314 e. The van der Waals surface area contributed by atoms with E-state index in [0.29, 0.717) is 18.8 Å². The molecule has 5 heteroatoms. The molecular weight excluding hydrogens is 338 g/mol. The summed E-state index contributed by atoms with van der Waals surface area (Å²) in [6, 6.07) is 2.46. The van der Waals surface area contributed by atoms with Crippen LogP contribution in [0, 0.1) is 23.5 Å². The number of allylic oxidation sites excluding steroid dienone is 3. The van der Waals surface area contributed by atoms with E-state index in [4.69, 9.17) is 9.47 Å². The van der Waals surface area contributed by atoms with Gasteiger partial charge in [0.25, 0.3) is 0 Å². The molecule has 0 spiro atoms. The summed E-state index contributed by atoms with van der Waals surface area (Å²) < 4.78 is 38.1. The van der Waals surface area contributed by atoms with E-state index in [0.717, 1.165) is 25.7 Å². The van der Waals surface area contributed by atoms with E-state index >= 15 is 0 Å². The maximum absolute atomic E-state index is 14.1. The maximum atomic E-state index is 14.1. The minimum atomic E-state index is -1.21. The highest BCUT2D eigenvalue weighted by atomic mass is 19.2. The lowest BCUT2D eigenvalue weighted by molar-refractivity contribution is -0.140. The molecule has 26 heavy (non-hydrogen) atoms. The van der Waals surface area contributed by atoms with Gasteiger partial charge in [0.1, 0.15) is 0 Å². The number of halogens is 2. The van der Waals surface area contributed by atoms with Gasteiger partial charge in [0.2, 0.25) is 11.6 Å². The Bertz CT molecular complexity index is 659. The topological polar surface area (TPSA) is 35.5 Å². The number of hydrogen-bond donors (Lipinski definition) is 0. The van der Waals surface area contributed by atoms with Crippen molar-refractivity contribution in [2.24, 2.45) is 11.8 Å². The molecule has 1 fully saturated rings. The highest BCUT2D eigenvalue weighted by Gasteiger charge is 2.28. The number of esters is 1. The standard InChI is InChI=1S/C21H26F2O3/c1-3-5-6-7-15-8-10-16(11-9-15)21(24)26-18-13-12-17(25-14-4-2)19(22)20(18)23/h4,6-7,12-16H,3,5,8-11H2,1-2H3/b7-6+,14-4+. The van der Waals surface area contributed by atoms with Crippen molar-refractivity contribution in [2.75, 3.05) is 0 Å². The van der Waals surface area contributed by atoms with Gasteiger partial charge < -0.3 is 9.47 Å². The smallest absolute Gasteiger partial charge is 0.314 e. The minimum Gasteiger partial charge on any atom is -0.462 e. The molecule has 0 atom stereocenters. The number of carbonyl (C=O) groups is 1. The third kappa shape index (κ3) is 5.41. The Kier molecular flexibility index (Phi) is 7.82. The normalized spacial score (nSPS) is 20.6. The van der Waals surface area contributed by atoms with Gasteiger partial charge in [-0.15, -0.1) is 0 Å². The van der Waals surface area contributed by atoms with Gasteiger partial charge in [-0.3, -0.25) is 4.79 Å². The molecule has 1 aromatic rings. The first-order valence-electron chi connectivity index (χ1n) is 9.21. The number of benzene rings is 1. The third-order valence-corrected chi connectivity index (χ3v) is 4.52. The Hall–Kier alpha value is -2.17. The van der Waals surface area contributed by atoms with Crippen LogP contribution in [-0.2, 0) is 4.79 Å². The van der Waals surface area contributed by atoms with E-state index in [2.05, 4.69) is 19.1 Å². The molecule has 0 radical (unpaired) electrons. The summed E-state index contributed by atoms with van der Waals surface area (Å²) in [5.74, 6) is -3.31. The zero-order valence-electron chi connectivity index (χ0n) is 15.3. The molecule has 0 unspecified atom stereocenters. The van der Waals surface area contributed by atoms with Gasteiger partial charge in [0, 0.05) is 0 Å². The molecule has 0 saturated heterocycles. The SMILES string of the molecule is C/C=C/Oc1ccc(OC(=O)C2CCC(/C=C/CCC)CC2)c(F)c1F. The molecule has 0 bridgehead atoms. The molecule has 1 aliphatic rings. The van der Waals surface area contributed by atoms with Crippen LogP contribution in [-0.4, -0.2) is 5.97 Å². The molecule has 3 nitrogen and oxygen atoms in total. The van der Waals surface area contributed by atoms with Crippen LogP contribution in [0.3, 0.4) is 0 Å². The summed E-state index contributed by atoms with van der Waals surface area (Å²) in [6.45, 7) is 3.83. The fraction of sp³-hybridized carbons (Fsp3) is 0.476. The van der Waals surface area contributed by atoms with Crippen LogP contribution in [0.25, 0.3) is 0 Å². The van der Waals surface area contributed by atoms with Crippen molar-refractivity contribution >= 4 is 5.97 Å². The van der Waals surface area contributed by atoms with Crippen molar-refractivity contribution in [1.82, 2.24) is 0 Å². The van der Waals surface area contributed by atoms with E-state index in [-0.39, 0.29) is 11.7 Å². The van der Waals surface area contributed by atoms with Crippen molar-refractivity contribution in [3.8, 4) is 11.5 Å². The first-order valence-corrected chi connectivity index (χ1v) is 9.21. The summed E-state index contributed by atoms with van der Waals surface area (Å²) in [4.78, 5) is 12.3. The first kappa shape index (κ1) is 20.1. The molecule has 0 amide bonds. The second kappa shape index (κ2) is 10.1. The summed E-state index contributed by atoms with van der Waals surface area (Å²) in [7, 11) is 0. The highest BCUT2D eigenvalue weighted by molar-refractivity contribution is 5.75. The molecule has 1 saturated carbocycles. The van der Waals surface area contributed by atoms with Crippen LogP contribution in [0.1, 0.15) is 52.4 Å². The summed E-state index contributed by atoms with van der Waals surface area (Å²) >= 11 is 0. The van der Waals surface area contributed by atoms with E-state index in [1.54, 1.807) is 13.0 Å². The molecule has 142 valence electrons. The van der Waals surface area contributed by atoms with Crippen molar-refractivity contribution in [3.63, 3.8) is 0 Å². The zero-order valence-corrected chi connectivity index (χ0v) is 15.3.